The summed E-state index contributed by atoms with van der Waals surface area (Å²) in [4.78, 5) is 27.7. The third kappa shape index (κ3) is 4.67. The highest BCUT2D eigenvalue weighted by molar-refractivity contribution is 6.02. The zero-order valence-corrected chi connectivity index (χ0v) is 15.9. The lowest BCUT2D eigenvalue weighted by Crippen LogP contribution is -2.47. The second-order valence-corrected chi connectivity index (χ2v) is 7.26. The Morgan fingerprint density at radius 3 is 2.22 bits per heavy atom. The fraction of sp³-hybridized carbons (Fsp3) is 0.364. The van der Waals surface area contributed by atoms with Crippen LogP contribution in [-0.2, 0) is 4.79 Å². The molecule has 1 aliphatic heterocycles. The summed E-state index contributed by atoms with van der Waals surface area (Å²) in [6.07, 6.45) is 2.34. The van der Waals surface area contributed by atoms with Gasteiger partial charge in [0.25, 0.3) is 5.91 Å². The van der Waals surface area contributed by atoms with Crippen LogP contribution in [0.5, 0.6) is 0 Å². The maximum Gasteiger partial charge on any atom is 0.251 e. The summed E-state index contributed by atoms with van der Waals surface area (Å²) < 4.78 is 0. The van der Waals surface area contributed by atoms with Crippen molar-refractivity contribution in [1.29, 1.82) is 0 Å². The molecule has 2 aromatic carbocycles. The number of nitrogens with zero attached hydrogens (tertiary/aromatic N) is 1. The first-order chi connectivity index (χ1) is 13.1. The first kappa shape index (κ1) is 19.0. The van der Waals surface area contributed by atoms with Gasteiger partial charge in [0.1, 0.15) is 6.04 Å². The fourth-order valence-corrected chi connectivity index (χ4v) is 3.37. The molecule has 2 N–H and O–H groups in total. The summed E-state index contributed by atoms with van der Waals surface area (Å²) in [5.41, 5.74) is 2.39. The van der Waals surface area contributed by atoms with Crippen LogP contribution in [0.25, 0.3) is 0 Å². The molecule has 0 bridgehead atoms. The van der Waals surface area contributed by atoms with Crippen molar-refractivity contribution in [3.63, 3.8) is 0 Å². The number of benzene rings is 2. The molecule has 1 fully saturated rings. The van der Waals surface area contributed by atoms with E-state index in [4.69, 9.17) is 0 Å². The monoisotopic (exact) mass is 365 g/mol. The van der Waals surface area contributed by atoms with Gasteiger partial charge in [-0.3, -0.25) is 9.59 Å². The van der Waals surface area contributed by atoms with Gasteiger partial charge >= 0.3 is 0 Å². The van der Waals surface area contributed by atoms with Gasteiger partial charge in [0, 0.05) is 18.7 Å². The van der Waals surface area contributed by atoms with Gasteiger partial charge in [0.15, 0.2) is 0 Å². The molecule has 2 amide bonds. The number of rotatable bonds is 6. The van der Waals surface area contributed by atoms with Crippen molar-refractivity contribution >= 4 is 23.2 Å². The topological polar surface area (TPSA) is 61.4 Å². The molecule has 1 saturated heterocycles. The Balaban J connectivity index is 1.74. The number of amides is 2. The van der Waals surface area contributed by atoms with E-state index in [0.29, 0.717) is 5.56 Å². The van der Waals surface area contributed by atoms with Gasteiger partial charge in [0.05, 0.1) is 11.4 Å². The molecule has 1 atom stereocenters. The Kier molecular flexibility index (Phi) is 6.12. The molecule has 0 saturated carbocycles. The smallest absolute Gasteiger partial charge is 0.251 e. The highest BCUT2D eigenvalue weighted by atomic mass is 16.2. The third-order valence-electron chi connectivity index (χ3n) is 4.88. The molecule has 0 aliphatic carbocycles. The van der Waals surface area contributed by atoms with Crippen LogP contribution in [-0.4, -0.2) is 30.9 Å². The van der Waals surface area contributed by atoms with Gasteiger partial charge in [-0.05, 0) is 43.0 Å². The van der Waals surface area contributed by atoms with Crippen LogP contribution in [0.3, 0.4) is 0 Å². The Labute approximate surface area is 160 Å². The van der Waals surface area contributed by atoms with Crippen molar-refractivity contribution in [2.75, 3.05) is 23.3 Å². The van der Waals surface area contributed by atoms with E-state index >= 15 is 0 Å². The molecule has 2 aromatic rings. The van der Waals surface area contributed by atoms with Crippen molar-refractivity contribution in [3.05, 3.63) is 60.2 Å². The molecule has 27 heavy (non-hydrogen) atoms. The van der Waals surface area contributed by atoms with Crippen molar-refractivity contribution in [2.45, 2.75) is 32.7 Å². The predicted molar refractivity (Wildman–Crippen MR) is 109 cm³/mol. The van der Waals surface area contributed by atoms with Gasteiger partial charge in [-0.1, -0.05) is 44.2 Å². The van der Waals surface area contributed by atoms with Gasteiger partial charge in [-0.2, -0.15) is 0 Å². The standard InChI is InChI=1S/C22H27N3O2/c1-16(2)20(24-21(26)17-10-4-3-5-11-17)22(27)23-18-12-6-7-13-19(18)25-14-8-9-15-25/h3-7,10-13,16,20H,8-9,14-15H2,1-2H3,(H,23,27)(H,24,26). The van der Waals surface area contributed by atoms with E-state index in [1.807, 2.05) is 56.3 Å². The largest absolute Gasteiger partial charge is 0.370 e. The lowest BCUT2D eigenvalue weighted by Gasteiger charge is -2.25. The number of nitrogens with one attached hydrogen (secondary N) is 2. The Bertz CT molecular complexity index is 783. The number of para-hydroxylation sites is 2. The lowest BCUT2D eigenvalue weighted by molar-refractivity contribution is -0.118. The van der Waals surface area contributed by atoms with Crippen molar-refractivity contribution in [3.8, 4) is 0 Å². The molecular weight excluding hydrogens is 338 g/mol. The van der Waals surface area contributed by atoms with Gasteiger partial charge < -0.3 is 15.5 Å². The summed E-state index contributed by atoms with van der Waals surface area (Å²) in [6, 6.07) is 16.2. The van der Waals surface area contributed by atoms with Crippen LogP contribution in [0, 0.1) is 5.92 Å². The minimum absolute atomic E-state index is 0.0309. The number of anilines is 2. The Hall–Kier alpha value is -2.82. The first-order valence-corrected chi connectivity index (χ1v) is 9.57. The van der Waals surface area contributed by atoms with Crippen molar-refractivity contribution in [2.24, 2.45) is 5.92 Å². The first-order valence-electron chi connectivity index (χ1n) is 9.57. The van der Waals surface area contributed by atoms with E-state index in [9.17, 15) is 9.59 Å². The van der Waals surface area contributed by atoms with E-state index in [1.165, 1.54) is 12.8 Å². The quantitative estimate of drug-likeness (QED) is 0.821. The minimum atomic E-state index is -0.607. The zero-order valence-electron chi connectivity index (χ0n) is 15.9. The molecule has 1 unspecified atom stereocenters. The fourth-order valence-electron chi connectivity index (χ4n) is 3.37. The van der Waals surface area contributed by atoms with Gasteiger partial charge in [0.2, 0.25) is 5.91 Å². The zero-order chi connectivity index (χ0) is 19.2. The molecule has 1 aliphatic rings. The molecule has 3 rings (SSSR count). The minimum Gasteiger partial charge on any atom is -0.370 e. The molecular formula is C22H27N3O2. The van der Waals surface area contributed by atoms with E-state index in [-0.39, 0.29) is 17.7 Å². The van der Waals surface area contributed by atoms with E-state index in [1.54, 1.807) is 12.1 Å². The molecule has 1 heterocycles. The maximum absolute atomic E-state index is 12.9. The summed E-state index contributed by atoms with van der Waals surface area (Å²) in [7, 11) is 0. The highest BCUT2D eigenvalue weighted by Gasteiger charge is 2.26. The molecule has 0 aromatic heterocycles. The SMILES string of the molecule is CC(C)C(NC(=O)c1ccccc1)C(=O)Nc1ccccc1N1CCCC1. The predicted octanol–water partition coefficient (Wildman–Crippen LogP) is 3.68. The molecule has 0 spiro atoms. The summed E-state index contributed by atoms with van der Waals surface area (Å²) >= 11 is 0. The molecule has 5 heteroatoms. The summed E-state index contributed by atoms with van der Waals surface area (Å²) in [5.74, 6) is -0.463. The Morgan fingerprint density at radius 1 is 0.926 bits per heavy atom. The van der Waals surface area contributed by atoms with Crippen LogP contribution >= 0.6 is 0 Å². The van der Waals surface area contributed by atoms with E-state index in [0.717, 1.165) is 24.5 Å². The number of carbonyl (C=O) groups is 2. The number of hydrogen-bond donors (Lipinski definition) is 2. The van der Waals surface area contributed by atoms with Crippen LogP contribution in [0.2, 0.25) is 0 Å². The highest BCUT2D eigenvalue weighted by Crippen LogP contribution is 2.28. The summed E-state index contributed by atoms with van der Waals surface area (Å²) in [5, 5.41) is 5.91. The van der Waals surface area contributed by atoms with Crippen LogP contribution in [0.1, 0.15) is 37.0 Å². The van der Waals surface area contributed by atoms with E-state index < -0.39 is 6.04 Å². The second kappa shape index (κ2) is 8.71. The van der Waals surface area contributed by atoms with Crippen molar-refractivity contribution in [1.82, 2.24) is 5.32 Å². The average Bonchev–Trinajstić information content (AvgIpc) is 3.21. The Morgan fingerprint density at radius 2 is 1.56 bits per heavy atom. The normalized spacial score (nSPS) is 14.9. The lowest BCUT2D eigenvalue weighted by atomic mass is 10.0. The molecule has 0 radical (unpaired) electrons. The maximum atomic E-state index is 12.9. The van der Waals surface area contributed by atoms with Gasteiger partial charge in [-0.15, -0.1) is 0 Å². The third-order valence-corrected chi connectivity index (χ3v) is 4.88. The second-order valence-electron chi connectivity index (χ2n) is 7.26. The number of carbonyl (C=O) groups excluding carboxylic acids is 2. The number of hydrogen-bond acceptors (Lipinski definition) is 3. The van der Waals surface area contributed by atoms with Crippen LogP contribution in [0.15, 0.2) is 54.6 Å². The average molecular weight is 365 g/mol. The molecule has 5 nitrogen and oxygen atoms in total. The van der Waals surface area contributed by atoms with Crippen molar-refractivity contribution < 1.29 is 9.59 Å². The summed E-state index contributed by atoms with van der Waals surface area (Å²) in [6.45, 7) is 5.88. The van der Waals surface area contributed by atoms with Crippen LogP contribution < -0.4 is 15.5 Å². The van der Waals surface area contributed by atoms with E-state index in [2.05, 4.69) is 15.5 Å². The molecule has 142 valence electrons. The van der Waals surface area contributed by atoms with Crippen LogP contribution in [0.4, 0.5) is 11.4 Å². The van der Waals surface area contributed by atoms with Gasteiger partial charge in [-0.25, -0.2) is 0 Å².